The maximum atomic E-state index is 12.4. The normalized spacial score (nSPS) is 14.9. The molecule has 10 heteroatoms. The number of amides is 3. The standard InChI is InChI=1S/C20H31N5O3.2ClH/c1-14(2)19(21)20(28)22-13-17(26)23-16-6-4-15(5-7-16)12-18(27)25-10-8-24(3)9-11-25;;/h4-7,14,19H,8-13,21H2,1-3H3,(H,22,28)(H,23,26);2*1H/t19-;;/m0../s1. The number of benzene rings is 1. The fourth-order valence-corrected chi connectivity index (χ4v) is 2.84. The van der Waals surface area contributed by atoms with E-state index in [2.05, 4.69) is 22.6 Å². The Bertz CT molecular complexity index is 692. The lowest BCUT2D eigenvalue weighted by Crippen LogP contribution is -2.47. The zero-order valence-corrected chi connectivity index (χ0v) is 19.4. The molecule has 1 atom stereocenters. The Morgan fingerprint density at radius 2 is 1.60 bits per heavy atom. The summed E-state index contributed by atoms with van der Waals surface area (Å²) >= 11 is 0. The van der Waals surface area contributed by atoms with E-state index in [0.717, 1.165) is 31.7 Å². The maximum absolute atomic E-state index is 12.4. The van der Waals surface area contributed by atoms with Crippen LogP contribution in [0.1, 0.15) is 19.4 Å². The molecule has 1 aliphatic heterocycles. The molecule has 1 aromatic carbocycles. The van der Waals surface area contributed by atoms with Gasteiger partial charge in [-0.25, -0.2) is 0 Å². The van der Waals surface area contributed by atoms with Gasteiger partial charge in [0.2, 0.25) is 17.7 Å². The molecular formula is C20H33Cl2N5O3. The van der Waals surface area contributed by atoms with E-state index in [1.54, 1.807) is 12.1 Å². The zero-order chi connectivity index (χ0) is 20.7. The molecule has 1 aromatic rings. The number of hydrogen-bond donors (Lipinski definition) is 3. The zero-order valence-electron chi connectivity index (χ0n) is 17.7. The monoisotopic (exact) mass is 461 g/mol. The van der Waals surface area contributed by atoms with E-state index in [1.807, 2.05) is 30.9 Å². The molecule has 0 aromatic heterocycles. The summed E-state index contributed by atoms with van der Waals surface area (Å²) in [5, 5.41) is 5.25. The summed E-state index contributed by atoms with van der Waals surface area (Å²) in [5.41, 5.74) is 7.25. The molecule has 1 saturated heterocycles. The topological polar surface area (TPSA) is 108 Å². The van der Waals surface area contributed by atoms with Crippen molar-refractivity contribution in [1.29, 1.82) is 0 Å². The number of rotatable bonds is 7. The van der Waals surface area contributed by atoms with Crippen molar-refractivity contribution < 1.29 is 14.4 Å². The molecule has 0 aliphatic carbocycles. The third-order valence-electron chi connectivity index (χ3n) is 4.89. The Hall–Kier alpha value is -1.87. The van der Waals surface area contributed by atoms with E-state index in [9.17, 15) is 14.4 Å². The first kappa shape index (κ1) is 28.1. The van der Waals surface area contributed by atoms with E-state index in [-0.39, 0.29) is 55.0 Å². The van der Waals surface area contributed by atoms with Crippen LogP contribution in [0.4, 0.5) is 5.69 Å². The lowest BCUT2D eigenvalue weighted by Gasteiger charge is -2.32. The SMILES string of the molecule is CC(C)[C@H](N)C(=O)NCC(=O)Nc1ccc(CC(=O)N2CCN(C)CC2)cc1.Cl.Cl. The minimum atomic E-state index is -0.634. The molecule has 8 nitrogen and oxygen atoms in total. The van der Waals surface area contributed by atoms with Crippen LogP contribution in [0.3, 0.4) is 0 Å². The summed E-state index contributed by atoms with van der Waals surface area (Å²) in [6.45, 7) is 6.87. The van der Waals surface area contributed by atoms with Crippen molar-refractivity contribution in [3.8, 4) is 0 Å². The predicted molar refractivity (Wildman–Crippen MR) is 123 cm³/mol. The van der Waals surface area contributed by atoms with E-state index < -0.39 is 6.04 Å². The second kappa shape index (κ2) is 13.4. The van der Waals surface area contributed by atoms with Crippen molar-refractivity contribution in [2.75, 3.05) is 45.1 Å². The fourth-order valence-electron chi connectivity index (χ4n) is 2.84. The van der Waals surface area contributed by atoms with Gasteiger partial charge in [0.15, 0.2) is 0 Å². The van der Waals surface area contributed by atoms with Crippen LogP contribution >= 0.6 is 24.8 Å². The fraction of sp³-hybridized carbons (Fsp3) is 0.550. The molecule has 1 heterocycles. The quantitative estimate of drug-likeness (QED) is 0.558. The average molecular weight is 462 g/mol. The molecule has 0 saturated carbocycles. The predicted octanol–water partition coefficient (Wildman–Crippen LogP) is 0.885. The molecule has 0 unspecified atom stereocenters. The van der Waals surface area contributed by atoms with Crippen LogP contribution in [0.15, 0.2) is 24.3 Å². The van der Waals surface area contributed by atoms with E-state index in [1.165, 1.54) is 0 Å². The van der Waals surface area contributed by atoms with Gasteiger partial charge in [-0.05, 0) is 30.7 Å². The molecule has 1 aliphatic rings. The van der Waals surface area contributed by atoms with Crippen molar-refractivity contribution >= 4 is 48.2 Å². The first-order valence-corrected chi connectivity index (χ1v) is 9.64. The molecule has 1 fully saturated rings. The van der Waals surface area contributed by atoms with E-state index in [4.69, 9.17) is 5.73 Å². The summed E-state index contributed by atoms with van der Waals surface area (Å²) in [7, 11) is 2.05. The maximum Gasteiger partial charge on any atom is 0.243 e. The number of hydrogen-bond acceptors (Lipinski definition) is 5. The summed E-state index contributed by atoms with van der Waals surface area (Å²) in [5.74, 6) is -0.549. The molecule has 0 spiro atoms. The Labute approximate surface area is 190 Å². The highest BCUT2D eigenvalue weighted by molar-refractivity contribution is 5.95. The minimum Gasteiger partial charge on any atom is -0.346 e. The van der Waals surface area contributed by atoms with Gasteiger partial charge in [-0.3, -0.25) is 14.4 Å². The van der Waals surface area contributed by atoms with Crippen LogP contribution in [-0.2, 0) is 20.8 Å². The number of carbonyl (C=O) groups is 3. The van der Waals surface area contributed by atoms with Crippen molar-refractivity contribution in [1.82, 2.24) is 15.1 Å². The molecule has 4 N–H and O–H groups in total. The molecule has 30 heavy (non-hydrogen) atoms. The van der Waals surface area contributed by atoms with Gasteiger partial charge < -0.3 is 26.2 Å². The summed E-state index contributed by atoms with van der Waals surface area (Å²) in [6.07, 6.45) is 0.348. The number of nitrogens with zero attached hydrogens (tertiary/aromatic N) is 2. The first-order chi connectivity index (χ1) is 13.3. The Kier molecular flexibility index (Phi) is 12.6. The number of nitrogens with two attached hydrogens (primary N) is 1. The van der Waals surface area contributed by atoms with E-state index >= 15 is 0 Å². The Balaban J connectivity index is 0.00000420. The number of piperazine rings is 1. The highest BCUT2D eigenvalue weighted by Crippen LogP contribution is 2.12. The molecule has 0 radical (unpaired) electrons. The number of likely N-dealkylation sites (N-methyl/N-ethyl adjacent to an activating group) is 1. The van der Waals surface area contributed by atoms with Crippen LogP contribution in [0.5, 0.6) is 0 Å². The third kappa shape index (κ3) is 8.87. The van der Waals surface area contributed by atoms with Crippen LogP contribution in [0.2, 0.25) is 0 Å². The Morgan fingerprint density at radius 1 is 1.03 bits per heavy atom. The molecule has 0 bridgehead atoms. The van der Waals surface area contributed by atoms with Crippen molar-refractivity contribution in [3.63, 3.8) is 0 Å². The first-order valence-electron chi connectivity index (χ1n) is 9.64. The van der Waals surface area contributed by atoms with Gasteiger partial charge in [-0.1, -0.05) is 26.0 Å². The summed E-state index contributed by atoms with van der Waals surface area (Å²) < 4.78 is 0. The van der Waals surface area contributed by atoms with Crippen LogP contribution in [0, 0.1) is 5.92 Å². The highest BCUT2D eigenvalue weighted by Gasteiger charge is 2.19. The number of carbonyl (C=O) groups excluding carboxylic acids is 3. The third-order valence-corrected chi connectivity index (χ3v) is 4.89. The van der Waals surface area contributed by atoms with Gasteiger partial charge >= 0.3 is 0 Å². The second-order valence-electron chi connectivity index (χ2n) is 7.59. The number of anilines is 1. The van der Waals surface area contributed by atoms with Gasteiger partial charge in [0.05, 0.1) is 19.0 Å². The molecule has 2 rings (SSSR count). The minimum absolute atomic E-state index is 0. The largest absolute Gasteiger partial charge is 0.346 e. The average Bonchev–Trinajstić information content (AvgIpc) is 2.67. The van der Waals surface area contributed by atoms with Crippen LogP contribution < -0.4 is 16.4 Å². The highest BCUT2D eigenvalue weighted by atomic mass is 35.5. The van der Waals surface area contributed by atoms with E-state index in [0.29, 0.717) is 12.1 Å². The Morgan fingerprint density at radius 3 is 2.13 bits per heavy atom. The van der Waals surface area contributed by atoms with Crippen molar-refractivity contribution in [3.05, 3.63) is 29.8 Å². The molecule has 170 valence electrons. The van der Waals surface area contributed by atoms with Crippen LogP contribution in [-0.4, -0.2) is 73.3 Å². The van der Waals surface area contributed by atoms with Gasteiger partial charge in [0.25, 0.3) is 0 Å². The second-order valence-corrected chi connectivity index (χ2v) is 7.59. The molecular weight excluding hydrogens is 429 g/mol. The van der Waals surface area contributed by atoms with Gasteiger partial charge in [-0.15, -0.1) is 24.8 Å². The van der Waals surface area contributed by atoms with Gasteiger partial charge in [0.1, 0.15) is 0 Å². The lowest BCUT2D eigenvalue weighted by molar-refractivity contribution is -0.132. The smallest absolute Gasteiger partial charge is 0.243 e. The number of nitrogens with one attached hydrogen (secondary N) is 2. The van der Waals surface area contributed by atoms with Crippen molar-refractivity contribution in [2.24, 2.45) is 11.7 Å². The van der Waals surface area contributed by atoms with Crippen molar-refractivity contribution in [2.45, 2.75) is 26.3 Å². The number of halogens is 2. The molecule has 3 amide bonds. The van der Waals surface area contributed by atoms with Gasteiger partial charge in [-0.2, -0.15) is 0 Å². The summed E-state index contributed by atoms with van der Waals surface area (Å²) in [4.78, 5) is 40.2. The lowest BCUT2D eigenvalue weighted by atomic mass is 10.1. The summed E-state index contributed by atoms with van der Waals surface area (Å²) in [6, 6.07) is 6.54. The van der Waals surface area contributed by atoms with Crippen LogP contribution in [0.25, 0.3) is 0 Å². The van der Waals surface area contributed by atoms with Gasteiger partial charge in [0, 0.05) is 31.9 Å².